The number of thiophene rings is 1. The molecular weight excluding hydrogens is 532 g/mol. The lowest BCUT2D eigenvalue weighted by molar-refractivity contribution is 0.0819. The molecule has 0 atom stereocenters. The zero-order valence-corrected chi connectivity index (χ0v) is 22.9. The Morgan fingerprint density at radius 2 is 1.91 bits per heavy atom. The van der Waals surface area contributed by atoms with Gasteiger partial charge in [-0.3, -0.25) is 0 Å². The summed E-state index contributed by atoms with van der Waals surface area (Å²) in [6.07, 6.45) is 4.65. The van der Waals surface area contributed by atoms with Gasteiger partial charge in [0.15, 0.2) is 0 Å². The Bertz CT molecular complexity index is 1290. The number of pyridine rings is 1. The normalized spacial score (nSPS) is 19.4. The van der Waals surface area contributed by atoms with Gasteiger partial charge >= 0.3 is 0 Å². The van der Waals surface area contributed by atoms with E-state index in [0.717, 1.165) is 53.4 Å². The first kappa shape index (κ1) is 24.2. The van der Waals surface area contributed by atoms with Gasteiger partial charge in [-0.1, -0.05) is 18.2 Å². The number of halogens is 1. The van der Waals surface area contributed by atoms with Crippen molar-refractivity contribution in [2.24, 2.45) is 5.41 Å². The zero-order chi connectivity index (χ0) is 23.9. The van der Waals surface area contributed by atoms with Crippen molar-refractivity contribution in [1.82, 2.24) is 14.2 Å². The van der Waals surface area contributed by atoms with Gasteiger partial charge in [0.2, 0.25) is 10.0 Å². The van der Waals surface area contributed by atoms with E-state index in [2.05, 4.69) is 32.8 Å². The number of hydrogen-bond acceptors (Lipinski definition) is 6. The molecule has 0 unspecified atom stereocenters. The van der Waals surface area contributed by atoms with Gasteiger partial charge in [-0.05, 0) is 83.7 Å². The monoisotopic (exact) mass is 562 g/mol. The number of benzene rings is 1. The summed E-state index contributed by atoms with van der Waals surface area (Å²) >= 11 is 5.09. The summed E-state index contributed by atoms with van der Waals surface area (Å²) in [7, 11) is 0.126. The molecule has 0 N–H and O–H groups in total. The number of para-hydroxylation sites is 1. The van der Waals surface area contributed by atoms with E-state index in [1.165, 1.54) is 23.7 Å². The van der Waals surface area contributed by atoms with Crippen LogP contribution in [-0.2, 0) is 16.6 Å². The van der Waals surface area contributed by atoms with Crippen molar-refractivity contribution in [1.29, 1.82) is 0 Å². The number of hydrogen-bond donors (Lipinski definition) is 0. The van der Waals surface area contributed by atoms with Crippen molar-refractivity contribution in [3.05, 3.63) is 51.1 Å². The summed E-state index contributed by atoms with van der Waals surface area (Å²) in [5.41, 5.74) is 2.14. The Morgan fingerprint density at radius 3 is 2.62 bits per heavy atom. The van der Waals surface area contributed by atoms with Gasteiger partial charge in [-0.2, -0.15) is 15.6 Å². The molecule has 0 saturated carbocycles. The largest absolute Gasteiger partial charge is 0.355 e. The second-order valence-electron chi connectivity index (χ2n) is 9.84. The Balaban J connectivity index is 1.49. The summed E-state index contributed by atoms with van der Waals surface area (Å²) in [4.78, 5) is 9.86. The first-order valence-electron chi connectivity index (χ1n) is 11.8. The van der Waals surface area contributed by atoms with Gasteiger partial charge in [0.05, 0.1) is 5.52 Å². The maximum atomic E-state index is 13.9. The van der Waals surface area contributed by atoms with Gasteiger partial charge in [-0.25, -0.2) is 13.4 Å². The van der Waals surface area contributed by atoms with Crippen LogP contribution in [0, 0.1) is 5.41 Å². The molecule has 2 saturated heterocycles. The number of nitrogens with zero attached hydrogens (tertiary/aromatic N) is 4. The Labute approximate surface area is 214 Å². The molecule has 2 aliphatic heterocycles. The fourth-order valence-electron chi connectivity index (χ4n) is 5.47. The molecule has 5 rings (SSSR count). The Hall–Kier alpha value is -1.52. The lowest BCUT2D eigenvalue weighted by atomic mass is 9.72. The number of likely N-dealkylation sites (tertiary alicyclic amines) is 1. The number of rotatable bonds is 5. The van der Waals surface area contributed by atoms with Crippen molar-refractivity contribution in [2.45, 2.75) is 37.1 Å². The molecule has 3 aromatic rings. The quantitative estimate of drug-likeness (QED) is 0.428. The van der Waals surface area contributed by atoms with E-state index in [0.29, 0.717) is 22.7 Å². The fourth-order valence-corrected chi connectivity index (χ4v) is 8.22. The number of fused-ring (bicyclic) bond motifs is 1. The molecule has 0 bridgehead atoms. The molecule has 6 nitrogen and oxygen atoms in total. The summed E-state index contributed by atoms with van der Waals surface area (Å²) in [6, 6.07) is 9.59. The molecule has 2 aliphatic rings. The van der Waals surface area contributed by atoms with Crippen LogP contribution in [0.15, 0.2) is 50.5 Å². The molecule has 1 aromatic carbocycles. The molecule has 0 radical (unpaired) electrons. The van der Waals surface area contributed by atoms with Gasteiger partial charge in [0, 0.05) is 48.5 Å². The maximum absolute atomic E-state index is 13.9. The highest BCUT2D eigenvalue weighted by Crippen LogP contribution is 2.41. The average Bonchev–Trinajstić information content (AvgIpc) is 3.23. The summed E-state index contributed by atoms with van der Waals surface area (Å²) in [5.74, 6) is 0.592. The summed E-state index contributed by atoms with van der Waals surface area (Å²) in [5, 5.41) is 4.81. The third-order valence-corrected chi connectivity index (χ3v) is 11.1. The molecule has 4 heterocycles. The van der Waals surface area contributed by atoms with Crippen LogP contribution in [0.25, 0.3) is 10.9 Å². The van der Waals surface area contributed by atoms with Crippen LogP contribution in [0.2, 0.25) is 0 Å². The second-order valence-corrected chi connectivity index (χ2v) is 13.4. The highest BCUT2D eigenvalue weighted by molar-refractivity contribution is 9.10. The minimum absolute atomic E-state index is 0.303. The molecule has 0 aliphatic carbocycles. The van der Waals surface area contributed by atoms with E-state index in [1.807, 2.05) is 41.1 Å². The van der Waals surface area contributed by atoms with Gasteiger partial charge in [0.1, 0.15) is 10.7 Å². The standard InChI is InChI=1S/C25H31BrN4O2S2/c1-28-11-5-8-25(18-28)9-12-30(13-10-25)24-23(14-19-6-3-4-7-22(19)27-24)34(31,32)29(2)15-20-16-33-17-21(20)26/h3-4,6-7,14,16-17H,5,8-13,15,18H2,1-2H3. The first-order valence-corrected chi connectivity index (χ1v) is 15.0. The highest BCUT2D eigenvalue weighted by Gasteiger charge is 2.39. The lowest BCUT2D eigenvalue weighted by Gasteiger charge is -2.47. The average molecular weight is 564 g/mol. The van der Waals surface area contributed by atoms with E-state index in [4.69, 9.17) is 4.98 Å². The van der Waals surface area contributed by atoms with Crippen molar-refractivity contribution < 1.29 is 8.42 Å². The molecule has 34 heavy (non-hydrogen) atoms. The van der Waals surface area contributed by atoms with Crippen LogP contribution in [0.1, 0.15) is 31.2 Å². The molecule has 2 aromatic heterocycles. The minimum atomic E-state index is -3.74. The second kappa shape index (κ2) is 9.50. The van der Waals surface area contributed by atoms with E-state index < -0.39 is 10.0 Å². The van der Waals surface area contributed by atoms with Crippen molar-refractivity contribution in [2.75, 3.05) is 45.2 Å². The van der Waals surface area contributed by atoms with E-state index in [-0.39, 0.29) is 0 Å². The topological polar surface area (TPSA) is 56.8 Å². The molecule has 1 spiro atoms. The van der Waals surface area contributed by atoms with E-state index >= 15 is 0 Å². The molecular formula is C25H31BrN4O2S2. The van der Waals surface area contributed by atoms with Crippen molar-refractivity contribution in [3.8, 4) is 0 Å². The molecule has 182 valence electrons. The lowest BCUT2D eigenvalue weighted by Crippen LogP contribution is -2.49. The number of sulfonamides is 1. The third-order valence-electron chi connectivity index (χ3n) is 7.42. The van der Waals surface area contributed by atoms with Crippen molar-refractivity contribution >= 4 is 54.0 Å². The smallest absolute Gasteiger partial charge is 0.246 e. The number of anilines is 1. The van der Waals surface area contributed by atoms with E-state index in [9.17, 15) is 8.42 Å². The zero-order valence-electron chi connectivity index (χ0n) is 19.7. The third kappa shape index (κ3) is 4.65. The summed E-state index contributed by atoms with van der Waals surface area (Å²) < 4.78 is 30.1. The van der Waals surface area contributed by atoms with Crippen LogP contribution in [0.3, 0.4) is 0 Å². The Morgan fingerprint density at radius 1 is 1.15 bits per heavy atom. The first-order chi connectivity index (χ1) is 16.3. The van der Waals surface area contributed by atoms with Crippen LogP contribution in [0.5, 0.6) is 0 Å². The predicted molar refractivity (Wildman–Crippen MR) is 143 cm³/mol. The van der Waals surface area contributed by atoms with Crippen LogP contribution >= 0.6 is 27.3 Å². The van der Waals surface area contributed by atoms with Gasteiger partial charge < -0.3 is 9.80 Å². The summed E-state index contributed by atoms with van der Waals surface area (Å²) in [6.45, 7) is 4.29. The Kier molecular flexibility index (Phi) is 6.76. The van der Waals surface area contributed by atoms with Crippen LogP contribution in [-0.4, -0.2) is 62.9 Å². The molecule has 2 fully saturated rings. The SMILES string of the molecule is CN1CCCC2(CCN(c3nc4ccccc4cc3S(=O)(=O)N(C)Cc3cscc3Br)CC2)C1. The van der Waals surface area contributed by atoms with Crippen LogP contribution < -0.4 is 4.90 Å². The van der Waals surface area contributed by atoms with Crippen LogP contribution in [0.4, 0.5) is 5.82 Å². The highest BCUT2D eigenvalue weighted by atomic mass is 79.9. The van der Waals surface area contributed by atoms with Gasteiger partial charge in [0.25, 0.3) is 0 Å². The van der Waals surface area contributed by atoms with E-state index in [1.54, 1.807) is 18.4 Å². The van der Waals surface area contributed by atoms with Gasteiger partial charge in [-0.15, -0.1) is 0 Å². The fraction of sp³-hybridized carbons (Fsp3) is 0.480. The number of piperidine rings is 2. The molecule has 9 heteroatoms. The predicted octanol–water partition coefficient (Wildman–Crippen LogP) is 5.19. The minimum Gasteiger partial charge on any atom is -0.355 e. The molecule has 0 amide bonds. The maximum Gasteiger partial charge on any atom is 0.246 e. The van der Waals surface area contributed by atoms with Crippen molar-refractivity contribution in [3.63, 3.8) is 0 Å². The number of aromatic nitrogens is 1.